The number of rotatable bonds is 6. The number of anilines is 2. The molecule has 0 bridgehead atoms. The molecule has 12 heteroatoms. The van der Waals surface area contributed by atoms with Crippen molar-refractivity contribution in [2.75, 3.05) is 30.8 Å². The van der Waals surface area contributed by atoms with Gasteiger partial charge in [0.25, 0.3) is 5.91 Å². The van der Waals surface area contributed by atoms with Gasteiger partial charge in [-0.1, -0.05) is 41.9 Å². The molecular formula is C30H28ClFN4O6. The van der Waals surface area contributed by atoms with Crippen molar-refractivity contribution in [1.82, 2.24) is 10.2 Å². The third-order valence-corrected chi connectivity index (χ3v) is 7.51. The maximum atomic E-state index is 14.8. The zero-order valence-electron chi connectivity index (χ0n) is 22.6. The van der Waals surface area contributed by atoms with Crippen molar-refractivity contribution in [3.05, 3.63) is 94.3 Å². The number of piperidine rings is 1. The van der Waals surface area contributed by atoms with Crippen molar-refractivity contribution in [1.29, 1.82) is 0 Å². The van der Waals surface area contributed by atoms with Crippen LogP contribution in [-0.2, 0) is 26.3 Å². The molecule has 0 radical (unpaired) electrons. The van der Waals surface area contributed by atoms with E-state index in [-0.39, 0.29) is 35.1 Å². The van der Waals surface area contributed by atoms with Gasteiger partial charge in [0.2, 0.25) is 5.91 Å². The summed E-state index contributed by atoms with van der Waals surface area (Å²) in [7, 11) is 1.24. The normalized spacial score (nSPS) is 18.3. The van der Waals surface area contributed by atoms with E-state index in [2.05, 4.69) is 20.7 Å². The number of carbonyl (C=O) groups excluding carboxylic acids is 4. The Morgan fingerprint density at radius 2 is 1.88 bits per heavy atom. The molecule has 0 aromatic heterocycles. The number of hydrogen-bond donors (Lipinski definition) is 3. The zero-order valence-corrected chi connectivity index (χ0v) is 23.4. The lowest BCUT2D eigenvalue weighted by atomic mass is 9.83. The average molecular weight is 595 g/mol. The van der Waals surface area contributed by atoms with Crippen molar-refractivity contribution in [3.63, 3.8) is 0 Å². The van der Waals surface area contributed by atoms with Crippen molar-refractivity contribution < 1.29 is 33.0 Å². The van der Waals surface area contributed by atoms with Crippen molar-refractivity contribution in [2.45, 2.75) is 30.9 Å². The van der Waals surface area contributed by atoms with Gasteiger partial charge in [0.05, 0.1) is 19.3 Å². The second kappa shape index (κ2) is 12.1. The molecule has 2 aliphatic heterocycles. The minimum atomic E-state index is -1.30. The Kier molecular flexibility index (Phi) is 8.30. The van der Waals surface area contributed by atoms with Crippen LogP contribution >= 0.6 is 11.6 Å². The van der Waals surface area contributed by atoms with Gasteiger partial charge in [0, 0.05) is 34.8 Å². The van der Waals surface area contributed by atoms with Crippen molar-refractivity contribution >= 4 is 47.0 Å². The van der Waals surface area contributed by atoms with Gasteiger partial charge in [0.15, 0.2) is 5.60 Å². The Hall–Kier alpha value is -4.64. The average Bonchev–Trinajstić information content (AvgIpc) is 2.98. The van der Waals surface area contributed by atoms with Crippen LogP contribution < -0.4 is 16.0 Å². The molecule has 2 atom stereocenters. The fourth-order valence-electron chi connectivity index (χ4n) is 5.32. The third kappa shape index (κ3) is 6.15. The molecule has 10 nitrogen and oxygen atoms in total. The predicted octanol–water partition coefficient (Wildman–Crippen LogP) is 5.08. The molecule has 4 amide bonds. The Morgan fingerprint density at radius 3 is 2.60 bits per heavy atom. The number of amides is 4. The molecular weight excluding hydrogens is 567 g/mol. The van der Waals surface area contributed by atoms with E-state index in [0.29, 0.717) is 30.6 Å². The molecule has 3 N–H and O–H groups in total. The quantitative estimate of drug-likeness (QED) is 0.365. The van der Waals surface area contributed by atoms with E-state index < -0.39 is 35.6 Å². The molecule has 3 aromatic rings. The highest BCUT2D eigenvalue weighted by Gasteiger charge is 2.48. The van der Waals surface area contributed by atoms with Crippen LogP contribution in [-0.4, -0.2) is 55.1 Å². The molecule has 0 aliphatic carbocycles. The van der Waals surface area contributed by atoms with E-state index in [1.54, 1.807) is 12.1 Å². The van der Waals surface area contributed by atoms with E-state index in [9.17, 15) is 23.6 Å². The zero-order chi connectivity index (χ0) is 29.9. The highest BCUT2D eigenvalue weighted by atomic mass is 35.5. The first-order chi connectivity index (χ1) is 20.2. The van der Waals surface area contributed by atoms with Gasteiger partial charge in [-0.05, 0) is 54.8 Å². The summed E-state index contributed by atoms with van der Waals surface area (Å²) in [5, 5.41) is 7.89. The number of halogens is 2. The topological polar surface area (TPSA) is 126 Å². The summed E-state index contributed by atoms with van der Waals surface area (Å²) in [5.41, 5.74) is 0.562. The van der Waals surface area contributed by atoms with Gasteiger partial charge in [-0.2, -0.15) is 0 Å². The number of carbonyl (C=O) groups is 4. The lowest BCUT2D eigenvalue weighted by molar-refractivity contribution is -0.141. The summed E-state index contributed by atoms with van der Waals surface area (Å²) in [5.74, 6) is -1.57. The van der Waals surface area contributed by atoms with Crippen molar-refractivity contribution in [2.24, 2.45) is 0 Å². The van der Waals surface area contributed by atoms with Crippen LogP contribution in [0.5, 0.6) is 0 Å². The van der Waals surface area contributed by atoms with E-state index in [1.165, 1.54) is 30.2 Å². The summed E-state index contributed by atoms with van der Waals surface area (Å²) in [6.45, 7) is 0.306. The Morgan fingerprint density at radius 1 is 1.14 bits per heavy atom. The second-order valence-corrected chi connectivity index (χ2v) is 10.5. The van der Waals surface area contributed by atoms with Gasteiger partial charge in [0.1, 0.15) is 11.9 Å². The van der Waals surface area contributed by atoms with E-state index >= 15 is 0 Å². The van der Waals surface area contributed by atoms with E-state index in [1.807, 2.05) is 30.3 Å². The first-order valence-corrected chi connectivity index (χ1v) is 13.6. The maximum Gasteiger partial charge on any atom is 0.412 e. The number of methoxy groups -OCH3 is 1. The molecule has 0 unspecified atom stereocenters. The van der Waals surface area contributed by atoms with Gasteiger partial charge < -0.3 is 19.7 Å². The van der Waals surface area contributed by atoms with Crippen LogP contribution in [0.3, 0.4) is 0 Å². The highest BCUT2D eigenvalue weighted by Crippen LogP contribution is 2.44. The fourth-order valence-corrected chi connectivity index (χ4v) is 5.52. The molecule has 5 rings (SSSR count). The summed E-state index contributed by atoms with van der Waals surface area (Å²) in [6, 6.07) is 17.0. The van der Waals surface area contributed by atoms with Crippen molar-refractivity contribution in [3.8, 4) is 0 Å². The van der Waals surface area contributed by atoms with Crippen LogP contribution in [0.25, 0.3) is 0 Å². The molecule has 1 fully saturated rings. The first-order valence-electron chi connectivity index (χ1n) is 13.3. The Bertz CT molecular complexity index is 1520. The summed E-state index contributed by atoms with van der Waals surface area (Å²) in [4.78, 5) is 52.8. The van der Waals surface area contributed by atoms with E-state index in [4.69, 9.17) is 16.3 Å². The standard InChI is InChI=1S/C30H28ClFN4O6/c1-41-28(39)33-21-10-8-19(9-11-21)26(37)34-24(14-18-6-3-2-4-7-18)27(38)36-13-5-12-30(17-36)22-15-20(31)16-23(32)25(22)35-29(40)42-30/h2-4,6-11,15-16,24H,5,12-14,17H2,1H3,(H,33,39)(H,34,37)(H,35,40)/t24-,30-/m0/s1. The maximum absolute atomic E-state index is 14.8. The summed E-state index contributed by atoms with van der Waals surface area (Å²) in [6.07, 6.45) is -0.439. The molecule has 2 heterocycles. The molecule has 1 saturated heterocycles. The van der Waals surface area contributed by atoms with Crippen LogP contribution in [0.2, 0.25) is 5.02 Å². The van der Waals surface area contributed by atoms with Crippen LogP contribution in [0.1, 0.15) is 34.3 Å². The lowest BCUT2D eigenvalue weighted by Crippen LogP contribution is -2.57. The predicted molar refractivity (Wildman–Crippen MR) is 153 cm³/mol. The number of likely N-dealkylation sites (tertiary alicyclic amines) is 1. The molecule has 1 spiro atoms. The molecule has 3 aromatic carbocycles. The Balaban J connectivity index is 1.40. The number of hydrogen-bond acceptors (Lipinski definition) is 6. The molecule has 0 saturated carbocycles. The minimum absolute atomic E-state index is 0.0239. The molecule has 218 valence electrons. The van der Waals surface area contributed by atoms with Gasteiger partial charge in [-0.15, -0.1) is 0 Å². The van der Waals surface area contributed by atoms with Gasteiger partial charge in [-0.3, -0.25) is 20.2 Å². The van der Waals surface area contributed by atoms with Crippen LogP contribution in [0, 0.1) is 5.82 Å². The smallest absolute Gasteiger partial charge is 0.412 e. The Labute approximate surface area is 246 Å². The number of ether oxygens (including phenoxy) is 2. The lowest BCUT2D eigenvalue weighted by Gasteiger charge is -2.45. The third-order valence-electron chi connectivity index (χ3n) is 7.29. The molecule has 2 aliphatic rings. The number of nitrogens with one attached hydrogen (secondary N) is 3. The van der Waals surface area contributed by atoms with Gasteiger partial charge in [-0.25, -0.2) is 14.0 Å². The van der Waals surface area contributed by atoms with Crippen LogP contribution in [0.4, 0.5) is 25.4 Å². The highest BCUT2D eigenvalue weighted by molar-refractivity contribution is 6.30. The van der Waals surface area contributed by atoms with Gasteiger partial charge >= 0.3 is 12.2 Å². The monoisotopic (exact) mass is 594 g/mol. The summed E-state index contributed by atoms with van der Waals surface area (Å²) >= 11 is 6.15. The SMILES string of the molecule is COC(=O)Nc1ccc(C(=O)N[C@@H](Cc2ccccc2)C(=O)N2CCC[C@@]3(C2)OC(=O)Nc2c(F)cc(Cl)cc23)cc1. The number of fused-ring (bicyclic) bond motifs is 2. The fraction of sp³-hybridized carbons (Fsp3) is 0.267. The number of benzene rings is 3. The summed E-state index contributed by atoms with van der Waals surface area (Å²) < 4.78 is 25.1. The largest absolute Gasteiger partial charge is 0.453 e. The minimum Gasteiger partial charge on any atom is -0.453 e. The van der Waals surface area contributed by atoms with E-state index in [0.717, 1.165) is 11.6 Å². The second-order valence-electron chi connectivity index (χ2n) is 10.1. The molecule has 42 heavy (non-hydrogen) atoms. The first kappa shape index (κ1) is 28.9. The number of nitrogens with zero attached hydrogens (tertiary/aromatic N) is 1. The van der Waals surface area contributed by atoms with Crippen LogP contribution in [0.15, 0.2) is 66.7 Å².